The molecule has 0 aliphatic rings. The van der Waals surface area contributed by atoms with Crippen molar-refractivity contribution in [1.82, 2.24) is 10.2 Å². The molecule has 0 fully saturated rings. The molecule has 1 N–H and O–H groups in total. The summed E-state index contributed by atoms with van der Waals surface area (Å²) < 4.78 is 26.2. The number of nitrogens with zero attached hydrogens (tertiary/aromatic N) is 2. The van der Waals surface area contributed by atoms with Crippen LogP contribution in [0, 0.1) is 6.92 Å². The van der Waals surface area contributed by atoms with E-state index in [-0.39, 0.29) is 18.5 Å². The molecule has 2 atom stereocenters. The van der Waals surface area contributed by atoms with Crippen molar-refractivity contribution in [1.29, 1.82) is 0 Å². The first-order chi connectivity index (χ1) is 15.4. The monoisotopic (exact) mass is 493 g/mol. The number of sulfonamides is 1. The number of nitrogens with one attached hydrogen (secondary N) is 1. The fourth-order valence-electron chi connectivity index (χ4n) is 3.23. The van der Waals surface area contributed by atoms with Crippen LogP contribution in [0.1, 0.15) is 38.3 Å². The van der Waals surface area contributed by atoms with Crippen LogP contribution >= 0.6 is 11.6 Å². The van der Waals surface area contributed by atoms with Crippen LogP contribution in [0.25, 0.3) is 0 Å². The first kappa shape index (κ1) is 26.7. The van der Waals surface area contributed by atoms with Crippen molar-refractivity contribution < 1.29 is 18.0 Å². The molecule has 0 saturated carbocycles. The minimum Gasteiger partial charge on any atom is -0.352 e. The van der Waals surface area contributed by atoms with E-state index in [1.54, 1.807) is 49.4 Å². The van der Waals surface area contributed by atoms with E-state index in [1.807, 2.05) is 26.8 Å². The molecule has 2 amide bonds. The van der Waals surface area contributed by atoms with Crippen LogP contribution in [0.5, 0.6) is 0 Å². The van der Waals surface area contributed by atoms with Gasteiger partial charge in [0.05, 0.1) is 11.9 Å². The Balaban J connectivity index is 2.37. The Hall–Kier alpha value is -2.58. The van der Waals surface area contributed by atoms with Crippen LogP contribution in [0.4, 0.5) is 5.69 Å². The van der Waals surface area contributed by atoms with Crippen molar-refractivity contribution in [2.75, 3.05) is 17.1 Å². The lowest BCUT2D eigenvalue weighted by Gasteiger charge is -2.32. The van der Waals surface area contributed by atoms with E-state index in [0.717, 1.165) is 28.1 Å². The molecule has 33 heavy (non-hydrogen) atoms. The molecule has 0 radical (unpaired) electrons. The summed E-state index contributed by atoms with van der Waals surface area (Å²) in [5.74, 6) is -0.781. The maximum absolute atomic E-state index is 13.4. The maximum Gasteiger partial charge on any atom is 0.244 e. The van der Waals surface area contributed by atoms with Gasteiger partial charge in [-0.25, -0.2) is 8.42 Å². The van der Waals surface area contributed by atoms with Crippen molar-refractivity contribution >= 4 is 39.1 Å². The number of anilines is 1. The molecule has 7 nitrogen and oxygen atoms in total. The lowest BCUT2D eigenvalue weighted by Crippen LogP contribution is -2.52. The van der Waals surface area contributed by atoms with Gasteiger partial charge in [-0.05, 0) is 62.6 Å². The van der Waals surface area contributed by atoms with Crippen LogP contribution in [0.2, 0.25) is 5.02 Å². The molecule has 0 aromatic heterocycles. The van der Waals surface area contributed by atoms with E-state index >= 15 is 0 Å². The number of hydrogen-bond acceptors (Lipinski definition) is 4. The number of rotatable bonds is 10. The average Bonchev–Trinajstić information content (AvgIpc) is 2.75. The fraction of sp³-hybridized carbons (Fsp3) is 0.417. The highest BCUT2D eigenvalue weighted by Crippen LogP contribution is 2.20. The fourth-order valence-corrected chi connectivity index (χ4v) is 4.20. The van der Waals surface area contributed by atoms with E-state index in [9.17, 15) is 18.0 Å². The molecule has 180 valence electrons. The van der Waals surface area contributed by atoms with Gasteiger partial charge >= 0.3 is 0 Å². The van der Waals surface area contributed by atoms with Crippen molar-refractivity contribution in [2.45, 2.75) is 52.7 Å². The van der Waals surface area contributed by atoms with E-state index in [1.165, 1.54) is 4.90 Å². The van der Waals surface area contributed by atoms with E-state index < -0.39 is 28.5 Å². The third-order valence-corrected chi connectivity index (χ3v) is 6.80. The molecular weight excluding hydrogens is 462 g/mol. The molecule has 0 aliphatic carbocycles. The first-order valence-corrected chi connectivity index (χ1v) is 13.0. The second kappa shape index (κ2) is 11.5. The maximum atomic E-state index is 13.4. The highest BCUT2D eigenvalue weighted by molar-refractivity contribution is 7.92. The highest BCUT2D eigenvalue weighted by atomic mass is 35.5. The van der Waals surface area contributed by atoms with Gasteiger partial charge in [0.25, 0.3) is 0 Å². The Labute approximate surface area is 201 Å². The molecule has 2 aromatic rings. The standard InChI is InChI=1S/C24H32ClN3O4S/c1-6-18(3)26-24(30)19(4)27(15-20-10-12-21(25)13-11-20)23(29)16-28(33(5,31)32)22-9-7-8-17(2)14-22/h7-14,18-19H,6,15-16H2,1-5H3,(H,26,30)/t18-,19-/m1/s1. The smallest absolute Gasteiger partial charge is 0.244 e. The summed E-state index contributed by atoms with van der Waals surface area (Å²) in [6.45, 7) is 7.05. The summed E-state index contributed by atoms with van der Waals surface area (Å²) in [5.41, 5.74) is 2.04. The summed E-state index contributed by atoms with van der Waals surface area (Å²) in [6.07, 6.45) is 1.81. The summed E-state index contributed by atoms with van der Waals surface area (Å²) in [5, 5.41) is 3.45. The highest BCUT2D eigenvalue weighted by Gasteiger charge is 2.30. The molecule has 0 saturated heterocycles. The number of halogens is 1. The van der Waals surface area contributed by atoms with E-state index in [0.29, 0.717) is 10.7 Å². The Morgan fingerprint density at radius 3 is 2.27 bits per heavy atom. The van der Waals surface area contributed by atoms with Crippen molar-refractivity contribution in [3.63, 3.8) is 0 Å². The molecular formula is C24H32ClN3O4S. The molecule has 0 aliphatic heterocycles. The SMILES string of the molecule is CC[C@@H](C)NC(=O)[C@@H](C)N(Cc1ccc(Cl)cc1)C(=O)CN(c1cccc(C)c1)S(C)(=O)=O. The van der Waals surface area contributed by atoms with Gasteiger partial charge in [0, 0.05) is 17.6 Å². The van der Waals surface area contributed by atoms with Gasteiger partial charge in [-0.1, -0.05) is 42.8 Å². The van der Waals surface area contributed by atoms with Crippen molar-refractivity contribution in [3.05, 3.63) is 64.7 Å². The molecule has 2 rings (SSSR count). The lowest BCUT2D eigenvalue weighted by atomic mass is 10.1. The van der Waals surface area contributed by atoms with Crippen molar-refractivity contribution in [2.24, 2.45) is 0 Å². The van der Waals surface area contributed by atoms with E-state index in [4.69, 9.17) is 11.6 Å². The minimum atomic E-state index is -3.74. The topological polar surface area (TPSA) is 86.8 Å². The molecule has 9 heteroatoms. The van der Waals surface area contributed by atoms with Gasteiger partial charge in [-0.3, -0.25) is 13.9 Å². The van der Waals surface area contributed by atoms with E-state index in [2.05, 4.69) is 5.32 Å². The Morgan fingerprint density at radius 2 is 1.73 bits per heavy atom. The Kier molecular flexibility index (Phi) is 9.31. The quantitative estimate of drug-likeness (QED) is 0.546. The van der Waals surface area contributed by atoms with Gasteiger partial charge < -0.3 is 10.2 Å². The predicted molar refractivity (Wildman–Crippen MR) is 133 cm³/mol. The summed E-state index contributed by atoms with van der Waals surface area (Å²) in [4.78, 5) is 27.7. The normalized spacial score (nSPS) is 13.2. The molecule has 0 bridgehead atoms. The molecule has 0 spiro atoms. The van der Waals surface area contributed by atoms with Crippen LogP contribution in [-0.2, 0) is 26.2 Å². The van der Waals surface area contributed by atoms with Gasteiger partial charge in [0.2, 0.25) is 21.8 Å². The summed E-state index contributed by atoms with van der Waals surface area (Å²) in [7, 11) is -3.74. The van der Waals surface area contributed by atoms with Gasteiger partial charge in [-0.2, -0.15) is 0 Å². The zero-order valence-electron chi connectivity index (χ0n) is 19.7. The van der Waals surface area contributed by atoms with Crippen molar-refractivity contribution in [3.8, 4) is 0 Å². The zero-order chi connectivity index (χ0) is 24.8. The van der Waals surface area contributed by atoms with Crippen LogP contribution in [0.15, 0.2) is 48.5 Å². The van der Waals surface area contributed by atoms with Crippen LogP contribution in [0.3, 0.4) is 0 Å². The zero-order valence-corrected chi connectivity index (χ0v) is 21.3. The largest absolute Gasteiger partial charge is 0.352 e. The number of carbonyl (C=O) groups excluding carboxylic acids is 2. The lowest BCUT2D eigenvalue weighted by molar-refractivity contribution is -0.139. The molecule has 0 heterocycles. The number of aryl methyl sites for hydroxylation is 1. The second-order valence-corrected chi connectivity index (χ2v) is 10.6. The van der Waals surface area contributed by atoms with Gasteiger partial charge in [0.15, 0.2) is 0 Å². The first-order valence-electron chi connectivity index (χ1n) is 10.8. The average molecular weight is 494 g/mol. The molecule has 0 unspecified atom stereocenters. The number of carbonyl (C=O) groups is 2. The minimum absolute atomic E-state index is 0.0488. The third-order valence-electron chi connectivity index (χ3n) is 5.40. The number of benzene rings is 2. The Bertz CT molecular complexity index is 1070. The summed E-state index contributed by atoms with van der Waals surface area (Å²) >= 11 is 5.98. The number of hydrogen-bond donors (Lipinski definition) is 1. The second-order valence-electron chi connectivity index (χ2n) is 8.25. The number of amides is 2. The third kappa shape index (κ3) is 7.75. The predicted octanol–water partition coefficient (Wildman–Crippen LogP) is 3.75. The van der Waals surface area contributed by atoms with Crippen LogP contribution in [-0.4, -0.2) is 50.0 Å². The van der Waals surface area contributed by atoms with Crippen LogP contribution < -0.4 is 9.62 Å². The Morgan fingerprint density at radius 1 is 1.09 bits per heavy atom. The van der Waals surface area contributed by atoms with Gasteiger partial charge in [-0.15, -0.1) is 0 Å². The molecule has 2 aromatic carbocycles. The summed E-state index contributed by atoms with van der Waals surface area (Å²) in [6, 6.07) is 13.0. The van der Waals surface area contributed by atoms with Gasteiger partial charge in [0.1, 0.15) is 12.6 Å².